The van der Waals surface area contributed by atoms with Crippen LogP contribution < -0.4 is 0 Å². The molecular weight excluding hydrogens is 330 g/mol. The van der Waals surface area contributed by atoms with Crippen molar-refractivity contribution in [2.24, 2.45) is 0 Å². The summed E-state index contributed by atoms with van der Waals surface area (Å²) in [6.07, 6.45) is 4.31. The molecule has 3 heterocycles. The molecule has 1 amide bonds. The highest BCUT2D eigenvalue weighted by Gasteiger charge is 2.31. The molecule has 0 unspecified atom stereocenters. The van der Waals surface area contributed by atoms with Crippen LogP contribution in [0.2, 0.25) is 0 Å². The van der Waals surface area contributed by atoms with Gasteiger partial charge in [-0.1, -0.05) is 6.07 Å². The third-order valence-electron chi connectivity index (χ3n) is 5.00. The number of nitrogens with one attached hydrogen (secondary N) is 1. The number of hydrogen-bond acceptors (Lipinski definition) is 5. The van der Waals surface area contributed by atoms with E-state index in [1.165, 1.54) is 5.56 Å². The van der Waals surface area contributed by atoms with E-state index in [1.807, 2.05) is 37.9 Å². The second kappa shape index (κ2) is 8.42. The van der Waals surface area contributed by atoms with Crippen molar-refractivity contribution in [3.8, 4) is 0 Å². The van der Waals surface area contributed by atoms with E-state index in [0.717, 1.165) is 36.5 Å². The van der Waals surface area contributed by atoms with Crippen LogP contribution in [-0.4, -0.2) is 70.8 Å². The number of nitrogens with zero attached hydrogens (tertiary/aromatic N) is 4. The highest BCUT2D eigenvalue weighted by Crippen LogP contribution is 2.23. The summed E-state index contributed by atoms with van der Waals surface area (Å²) in [7, 11) is 1.87. The summed E-state index contributed by atoms with van der Waals surface area (Å²) in [4.78, 5) is 21.5. The lowest BCUT2D eigenvalue weighted by Crippen LogP contribution is -2.46. The molecule has 2 aromatic rings. The maximum absolute atomic E-state index is 13.3. The largest absolute Gasteiger partial charge is 0.379 e. The molecule has 26 heavy (non-hydrogen) atoms. The number of ether oxygens (including phenoxy) is 1. The highest BCUT2D eigenvalue weighted by molar-refractivity contribution is 5.83. The summed E-state index contributed by atoms with van der Waals surface area (Å²) in [6, 6.07) is 3.54. The number of carbonyl (C=O) groups is 1. The minimum atomic E-state index is -0.316. The molecule has 140 valence electrons. The Kier molecular flexibility index (Phi) is 6.00. The number of aryl methyl sites for hydroxylation is 2. The topological polar surface area (TPSA) is 74.4 Å². The first kappa shape index (κ1) is 18.5. The first-order valence-electron chi connectivity index (χ1n) is 9.05. The van der Waals surface area contributed by atoms with Crippen LogP contribution in [0, 0.1) is 13.8 Å². The van der Waals surface area contributed by atoms with Gasteiger partial charge in [-0.15, -0.1) is 0 Å². The van der Waals surface area contributed by atoms with Crippen LogP contribution in [0.25, 0.3) is 0 Å². The van der Waals surface area contributed by atoms with E-state index in [2.05, 4.69) is 20.1 Å². The van der Waals surface area contributed by atoms with Crippen LogP contribution in [0.3, 0.4) is 0 Å². The zero-order chi connectivity index (χ0) is 18.5. The first-order chi connectivity index (χ1) is 12.6. The van der Waals surface area contributed by atoms with Gasteiger partial charge in [-0.2, -0.15) is 5.10 Å². The van der Waals surface area contributed by atoms with Gasteiger partial charge in [-0.25, -0.2) is 0 Å². The fourth-order valence-corrected chi connectivity index (χ4v) is 3.42. The summed E-state index contributed by atoms with van der Waals surface area (Å²) in [6.45, 7) is 7.47. The first-order valence-corrected chi connectivity index (χ1v) is 9.05. The number of aromatic nitrogens is 3. The molecule has 7 nitrogen and oxygen atoms in total. The Morgan fingerprint density at radius 2 is 2.15 bits per heavy atom. The zero-order valence-electron chi connectivity index (χ0n) is 15.7. The number of H-pyrrole nitrogens is 1. The zero-order valence-corrected chi connectivity index (χ0v) is 15.7. The SMILES string of the molecule is Cc1n[nH]c(C)c1CCN(C)C(=O)[C@@H](c1cccnc1)N1CCOCC1. The quantitative estimate of drug-likeness (QED) is 0.848. The van der Waals surface area contributed by atoms with Crippen molar-refractivity contribution >= 4 is 5.91 Å². The summed E-state index contributed by atoms with van der Waals surface area (Å²) in [5.74, 6) is 0.0960. The van der Waals surface area contributed by atoms with Gasteiger partial charge in [0.05, 0.1) is 18.9 Å². The number of hydrogen-bond donors (Lipinski definition) is 1. The molecule has 0 spiro atoms. The molecule has 0 aliphatic carbocycles. The van der Waals surface area contributed by atoms with Gasteiger partial charge in [0, 0.05) is 44.8 Å². The van der Waals surface area contributed by atoms with Crippen molar-refractivity contribution in [3.63, 3.8) is 0 Å². The molecule has 1 aliphatic rings. The van der Waals surface area contributed by atoms with E-state index in [-0.39, 0.29) is 11.9 Å². The van der Waals surface area contributed by atoms with Crippen molar-refractivity contribution in [1.29, 1.82) is 0 Å². The Balaban J connectivity index is 1.73. The number of amides is 1. The van der Waals surface area contributed by atoms with E-state index in [1.54, 1.807) is 12.4 Å². The third kappa shape index (κ3) is 4.11. The number of rotatable bonds is 6. The highest BCUT2D eigenvalue weighted by atomic mass is 16.5. The number of aromatic amines is 1. The standard InChI is InChI=1S/C19H27N5O2/c1-14-17(15(2)22-21-14)6-8-23(3)19(25)18(16-5-4-7-20-13-16)24-9-11-26-12-10-24/h4-5,7,13,18H,6,8-12H2,1-3H3,(H,21,22)/t18-/m1/s1. The lowest BCUT2D eigenvalue weighted by Gasteiger charge is -2.35. The third-order valence-corrected chi connectivity index (χ3v) is 5.00. The smallest absolute Gasteiger partial charge is 0.244 e. The van der Waals surface area contributed by atoms with Crippen molar-refractivity contribution < 1.29 is 9.53 Å². The Morgan fingerprint density at radius 3 is 2.77 bits per heavy atom. The van der Waals surface area contributed by atoms with Crippen LogP contribution in [0.15, 0.2) is 24.5 Å². The van der Waals surface area contributed by atoms with Gasteiger partial charge in [-0.05, 0) is 37.5 Å². The average Bonchev–Trinajstić information content (AvgIpc) is 2.99. The van der Waals surface area contributed by atoms with Crippen LogP contribution >= 0.6 is 0 Å². The van der Waals surface area contributed by atoms with E-state index < -0.39 is 0 Å². The molecule has 1 N–H and O–H groups in total. The van der Waals surface area contributed by atoms with Gasteiger partial charge >= 0.3 is 0 Å². The lowest BCUT2D eigenvalue weighted by molar-refractivity contribution is -0.137. The number of likely N-dealkylation sites (N-methyl/N-ethyl adjacent to an activating group) is 1. The van der Waals surface area contributed by atoms with Gasteiger partial charge in [0.2, 0.25) is 5.91 Å². The summed E-state index contributed by atoms with van der Waals surface area (Å²) in [5.41, 5.74) is 4.19. The second-order valence-electron chi connectivity index (χ2n) is 6.76. The van der Waals surface area contributed by atoms with Crippen molar-refractivity contribution in [2.75, 3.05) is 39.9 Å². The molecule has 2 aromatic heterocycles. The van der Waals surface area contributed by atoms with Gasteiger partial charge < -0.3 is 9.64 Å². The molecule has 1 aliphatic heterocycles. The molecule has 0 aromatic carbocycles. The molecule has 1 fully saturated rings. The van der Waals surface area contributed by atoms with E-state index >= 15 is 0 Å². The maximum atomic E-state index is 13.3. The molecule has 0 radical (unpaired) electrons. The Bertz CT molecular complexity index is 705. The van der Waals surface area contributed by atoms with Gasteiger partial charge in [-0.3, -0.25) is 19.8 Å². The maximum Gasteiger partial charge on any atom is 0.244 e. The summed E-state index contributed by atoms with van der Waals surface area (Å²) < 4.78 is 5.46. The van der Waals surface area contributed by atoms with Crippen LogP contribution in [-0.2, 0) is 16.0 Å². The van der Waals surface area contributed by atoms with E-state index in [9.17, 15) is 4.79 Å². The van der Waals surface area contributed by atoms with Gasteiger partial charge in [0.25, 0.3) is 0 Å². The van der Waals surface area contributed by atoms with Gasteiger partial charge in [0.1, 0.15) is 6.04 Å². The second-order valence-corrected chi connectivity index (χ2v) is 6.76. The van der Waals surface area contributed by atoms with E-state index in [4.69, 9.17) is 4.74 Å². The molecule has 1 atom stereocenters. The van der Waals surface area contributed by atoms with Crippen LogP contribution in [0.4, 0.5) is 0 Å². The van der Waals surface area contributed by atoms with E-state index in [0.29, 0.717) is 19.8 Å². The Hall–Kier alpha value is -2.25. The predicted octanol–water partition coefficient (Wildman–Crippen LogP) is 1.50. The monoisotopic (exact) mass is 357 g/mol. The Labute approximate surface area is 154 Å². The normalized spacial score (nSPS) is 16.4. The Morgan fingerprint density at radius 1 is 1.38 bits per heavy atom. The summed E-state index contributed by atoms with van der Waals surface area (Å²) in [5, 5.41) is 7.24. The number of carbonyl (C=O) groups excluding carboxylic acids is 1. The number of morpholine rings is 1. The minimum Gasteiger partial charge on any atom is -0.379 e. The molecule has 0 bridgehead atoms. The minimum absolute atomic E-state index is 0.0960. The molecule has 7 heteroatoms. The van der Waals surface area contributed by atoms with Crippen LogP contribution in [0.5, 0.6) is 0 Å². The molecular formula is C19H27N5O2. The lowest BCUT2D eigenvalue weighted by atomic mass is 10.0. The average molecular weight is 357 g/mol. The van der Waals surface area contributed by atoms with Crippen molar-refractivity contribution in [3.05, 3.63) is 47.0 Å². The van der Waals surface area contributed by atoms with Crippen LogP contribution in [0.1, 0.15) is 28.6 Å². The fraction of sp³-hybridized carbons (Fsp3) is 0.526. The van der Waals surface area contributed by atoms with Crippen molar-refractivity contribution in [1.82, 2.24) is 25.0 Å². The van der Waals surface area contributed by atoms with Crippen molar-refractivity contribution in [2.45, 2.75) is 26.3 Å². The molecule has 0 saturated carbocycles. The van der Waals surface area contributed by atoms with Gasteiger partial charge in [0.15, 0.2) is 0 Å². The summed E-state index contributed by atoms with van der Waals surface area (Å²) >= 11 is 0. The molecule has 3 rings (SSSR count). The number of pyridine rings is 1. The molecule has 1 saturated heterocycles. The predicted molar refractivity (Wildman–Crippen MR) is 98.8 cm³/mol. The fourth-order valence-electron chi connectivity index (χ4n) is 3.42.